The highest BCUT2D eigenvalue weighted by Gasteiger charge is 2.05. The molecule has 1 heterocycles. The number of benzene rings is 1. The maximum Gasteiger partial charge on any atom is 0.263 e. The van der Waals surface area contributed by atoms with Crippen LogP contribution < -0.4 is 11.3 Å². The molecule has 1 aromatic carbocycles. The number of aryl methyl sites for hydroxylation is 1. The fourth-order valence-electron chi connectivity index (χ4n) is 1.39. The molecule has 1 aromatic heterocycles. The Morgan fingerprint density at radius 1 is 1.50 bits per heavy atom. The van der Waals surface area contributed by atoms with Crippen LogP contribution >= 0.6 is 0 Å². The highest BCUT2D eigenvalue weighted by molar-refractivity contribution is 5.79. The van der Waals surface area contributed by atoms with Gasteiger partial charge in [0.1, 0.15) is 5.82 Å². The third kappa shape index (κ3) is 2.62. The normalized spacial score (nSPS) is 11.0. The van der Waals surface area contributed by atoms with Crippen molar-refractivity contribution in [2.24, 2.45) is 5.10 Å². The highest BCUT2D eigenvalue weighted by Crippen LogP contribution is 2.04. The Hall–Kier alpha value is -2.44. The topological polar surface area (TPSA) is 81.1 Å². The first-order chi connectivity index (χ1) is 8.70. The second-order valence-corrected chi connectivity index (χ2v) is 3.59. The summed E-state index contributed by atoms with van der Waals surface area (Å²) in [6.07, 6.45) is 2.15. The zero-order valence-electron chi connectivity index (χ0n) is 9.84. The summed E-state index contributed by atoms with van der Waals surface area (Å²) in [5, 5.41) is 11.6. The van der Waals surface area contributed by atoms with Gasteiger partial charge in [0.15, 0.2) is 5.82 Å². The lowest BCUT2D eigenvalue weighted by molar-refractivity contribution is 0.627. The van der Waals surface area contributed by atoms with Crippen molar-refractivity contribution in [1.82, 2.24) is 14.9 Å². The van der Waals surface area contributed by atoms with Crippen molar-refractivity contribution >= 4 is 12.2 Å². The van der Waals surface area contributed by atoms with Crippen LogP contribution in [0.3, 0.4) is 0 Å². The van der Waals surface area contributed by atoms with Gasteiger partial charge in [0.25, 0.3) is 5.95 Å². The second-order valence-electron chi connectivity index (χ2n) is 3.59. The summed E-state index contributed by atoms with van der Waals surface area (Å²) < 4.78 is 14.2. The van der Waals surface area contributed by atoms with Crippen LogP contribution in [0.15, 0.2) is 29.4 Å². The molecule has 0 atom stereocenters. The van der Waals surface area contributed by atoms with Gasteiger partial charge >= 0.3 is 0 Å². The number of hydrazone groups is 1. The van der Waals surface area contributed by atoms with E-state index in [4.69, 9.17) is 5.84 Å². The number of hydrogen-bond acceptors (Lipinski definition) is 5. The Labute approximate surface area is 103 Å². The highest BCUT2D eigenvalue weighted by atomic mass is 19.1. The number of nitrogens with one attached hydrogen (secondary N) is 1. The Kier molecular flexibility index (Phi) is 3.52. The van der Waals surface area contributed by atoms with Gasteiger partial charge < -0.3 is 5.84 Å². The molecule has 3 N–H and O–H groups in total. The van der Waals surface area contributed by atoms with Crippen LogP contribution in [0, 0.1) is 5.82 Å². The van der Waals surface area contributed by atoms with Crippen molar-refractivity contribution in [2.75, 3.05) is 11.3 Å². The lowest BCUT2D eigenvalue weighted by atomic mass is 10.2. The average Bonchev–Trinajstić information content (AvgIpc) is 2.71. The summed E-state index contributed by atoms with van der Waals surface area (Å²) in [6.45, 7) is 1.92. The van der Waals surface area contributed by atoms with E-state index in [1.54, 1.807) is 12.1 Å². The maximum absolute atomic E-state index is 12.9. The van der Waals surface area contributed by atoms with Gasteiger partial charge in [0, 0.05) is 6.42 Å². The quantitative estimate of drug-likeness (QED) is 0.483. The second kappa shape index (κ2) is 5.26. The molecule has 0 radical (unpaired) electrons. The molecule has 94 valence electrons. The molecule has 6 nitrogen and oxygen atoms in total. The Bertz CT molecular complexity index is 562. The first kappa shape index (κ1) is 12.0. The van der Waals surface area contributed by atoms with Crippen molar-refractivity contribution in [1.29, 1.82) is 0 Å². The van der Waals surface area contributed by atoms with E-state index in [0.29, 0.717) is 23.8 Å². The third-order valence-electron chi connectivity index (χ3n) is 2.31. The van der Waals surface area contributed by atoms with Gasteiger partial charge in [-0.1, -0.05) is 19.1 Å². The molecule has 7 heteroatoms. The van der Waals surface area contributed by atoms with Crippen molar-refractivity contribution in [3.8, 4) is 0 Å². The first-order valence-corrected chi connectivity index (χ1v) is 5.44. The van der Waals surface area contributed by atoms with E-state index >= 15 is 0 Å². The van der Waals surface area contributed by atoms with Gasteiger partial charge in [-0.05, 0) is 17.7 Å². The summed E-state index contributed by atoms with van der Waals surface area (Å²) in [4.78, 5) is 0. The van der Waals surface area contributed by atoms with E-state index in [9.17, 15) is 4.39 Å². The molecule has 0 spiro atoms. The molecule has 0 saturated heterocycles. The monoisotopic (exact) mass is 248 g/mol. The number of aromatic nitrogens is 3. The number of anilines is 1. The van der Waals surface area contributed by atoms with Crippen LogP contribution in [-0.2, 0) is 6.42 Å². The van der Waals surface area contributed by atoms with E-state index in [1.165, 1.54) is 23.0 Å². The first-order valence-electron chi connectivity index (χ1n) is 5.44. The molecule has 0 aliphatic heterocycles. The summed E-state index contributed by atoms with van der Waals surface area (Å²) in [5.74, 6) is 6.39. The third-order valence-corrected chi connectivity index (χ3v) is 2.31. The number of halogens is 1. The summed E-state index contributed by atoms with van der Waals surface area (Å²) >= 11 is 0. The number of nitrogen functional groups attached to an aromatic ring is 1. The molecule has 0 saturated carbocycles. The lowest BCUT2D eigenvalue weighted by Crippen LogP contribution is -2.14. The minimum atomic E-state index is -0.311. The summed E-state index contributed by atoms with van der Waals surface area (Å²) in [6, 6.07) is 6.08. The molecule has 2 rings (SSSR count). The largest absolute Gasteiger partial charge is 0.335 e. The fraction of sp³-hybridized carbons (Fsp3) is 0.182. The summed E-state index contributed by atoms with van der Waals surface area (Å²) in [7, 11) is 0. The number of nitrogens with zero attached hydrogens (tertiary/aromatic N) is 4. The van der Waals surface area contributed by atoms with Gasteiger partial charge in [0.05, 0.1) is 6.21 Å². The van der Waals surface area contributed by atoms with E-state index < -0.39 is 0 Å². The van der Waals surface area contributed by atoms with E-state index in [0.717, 1.165) is 0 Å². The van der Waals surface area contributed by atoms with Crippen molar-refractivity contribution in [3.05, 3.63) is 41.5 Å². The van der Waals surface area contributed by atoms with Gasteiger partial charge in [-0.15, -0.1) is 10.2 Å². The van der Waals surface area contributed by atoms with Crippen LogP contribution in [0.25, 0.3) is 0 Å². The van der Waals surface area contributed by atoms with Crippen molar-refractivity contribution < 1.29 is 4.39 Å². The van der Waals surface area contributed by atoms with Crippen molar-refractivity contribution in [3.63, 3.8) is 0 Å². The Balaban J connectivity index is 2.05. The molecule has 0 unspecified atom stereocenters. The molecule has 0 amide bonds. The van der Waals surface area contributed by atoms with Gasteiger partial charge in [-0.2, -0.15) is 5.10 Å². The fourth-order valence-corrected chi connectivity index (χ4v) is 1.39. The molecule has 0 aliphatic rings. The molecular formula is C11H13FN6. The van der Waals surface area contributed by atoms with Gasteiger partial charge in [-0.25, -0.2) is 14.5 Å². The average molecular weight is 248 g/mol. The van der Waals surface area contributed by atoms with Crippen molar-refractivity contribution in [2.45, 2.75) is 13.3 Å². The van der Waals surface area contributed by atoms with Crippen LogP contribution in [0.1, 0.15) is 18.3 Å². The standard InChI is InChI=1S/C11H13FN6/c1-2-10-15-17-11(18(10)13)16-14-7-8-4-3-5-9(12)6-8/h3-7H,2,13H2,1H3,(H,16,17). The van der Waals surface area contributed by atoms with E-state index in [1.807, 2.05) is 6.92 Å². The molecule has 0 fully saturated rings. The Morgan fingerprint density at radius 2 is 2.33 bits per heavy atom. The minimum absolute atomic E-state index is 0.311. The molecule has 0 bridgehead atoms. The molecular weight excluding hydrogens is 235 g/mol. The predicted molar refractivity (Wildman–Crippen MR) is 67.2 cm³/mol. The molecule has 2 aromatic rings. The van der Waals surface area contributed by atoms with Crippen LogP contribution in [0.5, 0.6) is 0 Å². The van der Waals surface area contributed by atoms with Crippen LogP contribution in [-0.4, -0.2) is 21.1 Å². The lowest BCUT2D eigenvalue weighted by Gasteiger charge is -2.00. The maximum atomic E-state index is 12.9. The zero-order chi connectivity index (χ0) is 13.0. The SMILES string of the molecule is CCc1nnc(NN=Cc2cccc(F)c2)n1N. The van der Waals surface area contributed by atoms with E-state index in [-0.39, 0.29) is 5.82 Å². The predicted octanol–water partition coefficient (Wildman–Crippen LogP) is 1.14. The van der Waals surface area contributed by atoms with Gasteiger partial charge in [-0.3, -0.25) is 0 Å². The summed E-state index contributed by atoms with van der Waals surface area (Å²) in [5.41, 5.74) is 3.29. The Morgan fingerprint density at radius 3 is 3.00 bits per heavy atom. The van der Waals surface area contributed by atoms with Gasteiger partial charge in [0.2, 0.25) is 0 Å². The minimum Gasteiger partial charge on any atom is -0.335 e. The number of nitrogens with two attached hydrogens (primary N) is 1. The van der Waals surface area contributed by atoms with E-state index in [2.05, 4.69) is 20.7 Å². The van der Waals surface area contributed by atoms with Crippen LogP contribution in [0.4, 0.5) is 10.3 Å². The molecule has 18 heavy (non-hydrogen) atoms. The number of rotatable bonds is 4. The number of hydrogen-bond donors (Lipinski definition) is 2. The molecule has 0 aliphatic carbocycles. The van der Waals surface area contributed by atoms with Crippen LogP contribution in [0.2, 0.25) is 0 Å². The zero-order valence-corrected chi connectivity index (χ0v) is 9.84. The smallest absolute Gasteiger partial charge is 0.263 e.